The first-order valence-corrected chi connectivity index (χ1v) is 13.5. The van der Waals surface area contributed by atoms with E-state index in [4.69, 9.17) is 24.1 Å². The van der Waals surface area contributed by atoms with Crippen molar-refractivity contribution >= 4 is 17.8 Å². The van der Waals surface area contributed by atoms with Gasteiger partial charge in [0.15, 0.2) is 0 Å². The monoisotopic (exact) mass is 518 g/mol. The second kappa shape index (κ2) is 24.9. The van der Waals surface area contributed by atoms with Crippen molar-refractivity contribution in [3.05, 3.63) is 0 Å². The number of rotatable bonds is 26. The van der Waals surface area contributed by atoms with Gasteiger partial charge in [0.1, 0.15) is 6.04 Å². The Bertz CT molecular complexity index is 562. The Morgan fingerprint density at radius 2 is 1.22 bits per heavy atom. The van der Waals surface area contributed by atoms with E-state index in [1.54, 1.807) is 0 Å². The topological polar surface area (TPSA) is 132 Å². The lowest BCUT2D eigenvalue weighted by atomic mass is 10.0. The largest absolute Gasteiger partial charge is 0.480 e. The third-order valence-electron chi connectivity index (χ3n) is 5.57. The molecule has 0 bridgehead atoms. The van der Waals surface area contributed by atoms with Crippen LogP contribution in [0.25, 0.3) is 0 Å². The van der Waals surface area contributed by atoms with E-state index in [-0.39, 0.29) is 30.8 Å². The Hall–Kier alpha value is -1.75. The van der Waals surface area contributed by atoms with Gasteiger partial charge in [-0.2, -0.15) is 0 Å². The van der Waals surface area contributed by atoms with Crippen LogP contribution in [0.15, 0.2) is 0 Å². The smallest absolute Gasteiger partial charge is 0.325 e. The molecular weight excluding hydrogens is 468 g/mol. The number of hydrogen-bond donors (Lipinski definition) is 3. The van der Waals surface area contributed by atoms with E-state index in [0.29, 0.717) is 52.8 Å². The fourth-order valence-electron chi connectivity index (χ4n) is 3.26. The number of carboxylic acid groups (broad SMARTS) is 1. The number of carboxylic acids is 1. The third kappa shape index (κ3) is 22.7. The summed E-state index contributed by atoms with van der Waals surface area (Å²) in [5, 5.41) is 14.0. The van der Waals surface area contributed by atoms with Crippen LogP contribution in [0.5, 0.6) is 0 Å². The van der Waals surface area contributed by atoms with Gasteiger partial charge in [-0.3, -0.25) is 14.4 Å². The van der Waals surface area contributed by atoms with Gasteiger partial charge in [-0.05, 0) is 13.3 Å². The minimum atomic E-state index is -1.07. The summed E-state index contributed by atoms with van der Waals surface area (Å²) in [5.41, 5.74) is 0. The summed E-state index contributed by atoms with van der Waals surface area (Å²) >= 11 is 0. The van der Waals surface area contributed by atoms with Gasteiger partial charge in [0.25, 0.3) is 0 Å². The second-order valence-electron chi connectivity index (χ2n) is 8.93. The maximum absolute atomic E-state index is 12.1. The molecule has 2 atom stereocenters. The van der Waals surface area contributed by atoms with Gasteiger partial charge in [-0.1, -0.05) is 58.8 Å². The van der Waals surface area contributed by atoms with Gasteiger partial charge >= 0.3 is 5.97 Å². The van der Waals surface area contributed by atoms with E-state index >= 15 is 0 Å². The Balaban J connectivity index is 3.35. The highest BCUT2D eigenvalue weighted by Crippen LogP contribution is 2.12. The highest BCUT2D eigenvalue weighted by Gasteiger charge is 2.13. The third-order valence-corrected chi connectivity index (χ3v) is 5.57. The number of carbonyl (C=O) groups is 3. The molecule has 0 aliphatic rings. The molecule has 3 N–H and O–H groups in total. The van der Waals surface area contributed by atoms with Crippen LogP contribution in [0.4, 0.5) is 0 Å². The summed E-state index contributed by atoms with van der Waals surface area (Å²) < 4.78 is 21.5. The van der Waals surface area contributed by atoms with E-state index < -0.39 is 12.0 Å². The fraction of sp³-hybridized carbons (Fsp3) is 0.885. The summed E-state index contributed by atoms with van der Waals surface area (Å²) in [5.74, 6) is -1.30. The Kier molecular flexibility index (Phi) is 23.7. The normalized spacial score (nSPS) is 12.8. The van der Waals surface area contributed by atoms with Crippen LogP contribution in [0.3, 0.4) is 0 Å². The van der Waals surface area contributed by atoms with Crippen LogP contribution in [-0.2, 0) is 33.3 Å². The van der Waals surface area contributed by atoms with Crippen molar-refractivity contribution in [1.82, 2.24) is 10.6 Å². The Labute approximate surface area is 217 Å². The van der Waals surface area contributed by atoms with Crippen molar-refractivity contribution in [2.45, 2.75) is 84.6 Å². The van der Waals surface area contributed by atoms with Gasteiger partial charge in [0.2, 0.25) is 11.8 Å². The zero-order valence-corrected chi connectivity index (χ0v) is 22.7. The molecule has 10 nitrogen and oxygen atoms in total. The molecule has 0 aliphatic heterocycles. The van der Waals surface area contributed by atoms with Gasteiger partial charge in [0.05, 0.1) is 52.9 Å². The Morgan fingerprint density at radius 1 is 0.722 bits per heavy atom. The van der Waals surface area contributed by atoms with Crippen LogP contribution in [0, 0.1) is 5.92 Å². The average Bonchev–Trinajstić information content (AvgIpc) is 2.85. The van der Waals surface area contributed by atoms with E-state index in [1.807, 2.05) is 6.92 Å². The zero-order valence-electron chi connectivity index (χ0n) is 22.7. The maximum Gasteiger partial charge on any atom is 0.325 e. The lowest BCUT2D eigenvalue weighted by Crippen LogP contribution is -2.38. The van der Waals surface area contributed by atoms with Crippen LogP contribution >= 0.6 is 0 Å². The molecule has 0 fully saturated rings. The van der Waals surface area contributed by atoms with Crippen molar-refractivity contribution in [3.8, 4) is 0 Å². The molecular formula is C26H50N2O8. The number of aliphatic carboxylic acids is 1. The number of carbonyl (C=O) groups excluding carboxylic acids is 2. The van der Waals surface area contributed by atoms with Crippen molar-refractivity contribution < 1.29 is 38.4 Å². The molecule has 0 heterocycles. The maximum atomic E-state index is 12.1. The van der Waals surface area contributed by atoms with Gasteiger partial charge in [0, 0.05) is 18.9 Å². The van der Waals surface area contributed by atoms with E-state index in [2.05, 4.69) is 17.6 Å². The standard InChI is InChI=1S/C26H50N2O8/c1-4-5-6-7-8-9-10-11-22(2)25(30)27-13-15-34-17-19-36-21-20-35-18-16-33-14-12-24(29)28-23(3)26(31)32/h22-23H,4-21H2,1-3H3,(H,27,30)(H,28,29)(H,31,32)/t22?,23-/m0/s1. The molecule has 212 valence electrons. The van der Waals surface area contributed by atoms with E-state index in [0.717, 1.165) is 12.8 Å². The predicted molar refractivity (Wildman–Crippen MR) is 138 cm³/mol. The van der Waals surface area contributed by atoms with Crippen molar-refractivity contribution in [2.24, 2.45) is 5.92 Å². The number of nitrogens with one attached hydrogen (secondary N) is 2. The molecule has 0 aliphatic carbocycles. The fourth-order valence-corrected chi connectivity index (χ4v) is 3.26. The first kappa shape index (κ1) is 34.2. The van der Waals surface area contributed by atoms with E-state index in [1.165, 1.54) is 45.4 Å². The lowest BCUT2D eigenvalue weighted by Gasteiger charge is -2.12. The molecule has 0 aromatic rings. The van der Waals surface area contributed by atoms with Gasteiger partial charge < -0.3 is 34.7 Å². The van der Waals surface area contributed by atoms with Crippen LogP contribution in [-0.4, -0.2) is 88.3 Å². The quantitative estimate of drug-likeness (QED) is 0.149. The van der Waals surface area contributed by atoms with Crippen LogP contribution in [0.2, 0.25) is 0 Å². The number of hydrogen-bond acceptors (Lipinski definition) is 7. The molecule has 0 radical (unpaired) electrons. The first-order valence-electron chi connectivity index (χ1n) is 13.5. The molecule has 36 heavy (non-hydrogen) atoms. The molecule has 0 rings (SSSR count). The lowest BCUT2D eigenvalue weighted by molar-refractivity contribution is -0.141. The zero-order chi connectivity index (χ0) is 26.9. The second-order valence-corrected chi connectivity index (χ2v) is 8.93. The summed E-state index contributed by atoms with van der Waals surface area (Å²) in [6.45, 7) is 9.26. The summed E-state index contributed by atoms with van der Waals surface area (Å²) in [7, 11) is 0. The Morgan fingerprint density at radius 3 is 1.78 bits per heavy atom. The molecule has 0 saturated heterocycles. The van der Waals surface area contributed by atoms with Crippen molar-refractivity contribution in [3.63, 3.8) is 0 Å². The number of ether oxygens (including phenoxy) is 4. The highest BCUT2D eigenvalue weighted by molar-refractivity contribution is 5.83. The van der Waals surface area contributed by atoms with Crippen molar-refractivity contribution in [2.75, 3.05) is 59.4 Å². The van der Waals surface area contributed by atoms with Gasteiger partial charge in [-0.25, -0.2) is 0 Å². The number of unbranched alkanes of at least 4 members (excludes halogenated alkanes) is 6. The highest BCUT2D eigenvalue weighted by atomic mass is 16.6. The summed E-state index contributed by atoms with van der Waals surface area (Å²) in [4.78, 5) is 34.2. The minimum Gasteiger partial charge on any atom is -0.480 e. The minimum absolute atomic E-state index is 0.0431. The molecule has 0 spiro atoms. The molecule has 1 unspecified atom stereocenters. The van der Waals surface area contributed by atoms with Crippen LogP contribution < -0.4 is 10.6 Å². The van der Waals surface area contributed by atoms with Gasteiger partial charge in [-0.15, -0.1) is 0 Å². The molecule has 0 aromatic heterocycles. The first-order chi connectivity index (χ1) is 17.4. The predicted octanol–water partition coefficient (Wildman–Crippen LogP) is 2.93. The summed E-state index contributed by atoms with van der Waals surface area (Å²) in [6.07, 6.45) is 9.85. The average molecular weight is 519 g/mol. The number of amides is 2. The van der Waals surface area contributed by atoms with E-state index in [9.17, 15) is 14.4 Å². The molecule has 2 amide bonds. The SMILES string of the molecule is CCCCCCCCCC(C)C(=O)NCCOCCOCCOCCOCCC(=O)N[C@@H](C)C(=O)O. The molecule has 0 saturated carbocycles. The van der Waals surface area contributed by atoms with Crippen LogP contribution in [0.1, 0.15) is 78.6 Å². The molecule has 0 aromatic carbocycles. The van der Waals surface area contributed by atoms with Crippen molar-refractivity contribution in [1.29, 1.82) is 0 Å². The molecule has 10 heteroatoms. The summed E-state index contributed by atoms with van der Waals surface area (Å²) in [6, 6.07) is -0.912.